The average molecular weight is 385 g/mol. The molecule has 0 bridgehead atoms. The van der Waals surface area contributed by atoms with Crippen LogP contribution in [-0.4, -0.2) is 27.5 Å². The number of rotatable bonds is 2. The van der Waals surface area contributed by atoms with Crippen LogP contribution in [0.2, 0.25) is 0 Å². The van der Waals surface area contributed by atoms with Gasteiger partial charge in [0.05, 0.1) is 28.0 Å². The number of pyridine rings is 1. The molecule has 7 nitrogen and oxygen atoms in total. The van der Waals surface area contributed by atoms with Gasteiger partial charge < -0.3 is 14.2 Å². The average Bonchev–Trinajstić information content (AvgIpc) is 3.45. The van der Waals surface area contributed by atoms with E-state index < -0.39 is 0 Å². The Labute approximate surface area is 165 Å². The molecule has 2 aliphatic heterocycles. The highest BCUT2D eigenvalue weighted by Gasteiger charge is 2.32. The largest absolute Gasteiger partial charge is 0.455 e. The molecule has 7 heteroatoms. The number of esters is 1. The second-order valence-electron chi connectivity index (χ2n) is 6.98. The van der Waals surface area contributed by atoms with Crippen LogP contribution in [0.25, 0.3) is 27.8 Å². The molecule has 0 saturated heterocycles. The van der Waals surface area contributed by atoms with E-state index in [1.165, 1.54) is 0 Å². The second kappa shape index (κ2) is 5.81. The van der Waals surface area contributed by atoms with Crippen LogP contribution in [0.5, 0.6) is 11.5 Å². The van der Waals surface area contributed by atoms with Crippen LogP contribution in [0.4, 0.5) is 0 Å². The van der Waals surface area contributed by atoms with Crippen LogP contribution in [-0.2, 0) is 11.3 Å². The molecule has 2 aromatic heterocycles. The summed E-state index contributed by atoms with van der Waals surface area (Å²) in [5.41, 5.74) is 5.10. The molecule has 6 rings (SSSR count). The van der Waals surface area contributed by atoms with Crippen molar-refractivity contribution < 1.29 is 19.0 Å². The minimum Gasteiger partial charge on any atom is -0.455 e. The minimum atomic E-state index is -0.367. The number of para-hydroxylation sites is 1. The van der Waals surface area contributed by atoms with Crippen LogP contribution in [0, 0.1) is 6.92 Å². The maximum atomic E-state index is 12.6. The Morgan fingerprint density at radius 2 is 1.79 bits per heavy atom. The molecule has 0 saturated carbocycles. The maximum absolute atomic E-state index is 12.6. The van der Waals surface area contributed by atoms with E-state index in [0.29, 0.717) is 28.4 Å². The van der Waals surface area contributed by atoms with Gasteiger partial charge in [0, 0.05) is 5.56 Å². The monoisotopic (exact) mass is 385 g/mol. The highest BCUT2D eigenvalue weighted by atomic mass is 16.7. The minimum absolute atomic E-state index is 0.153. The number of ether oxygens (including phenoxy) is 3. The molecule has 0 unspecified atom stereocenters. The van der Waals surface area contributed by atoms with Crippen molar-refractivity contribution in [2.45, 2.75) is 13.5 Å². The van der Waals surface area contributed by atoms with E-state index in [1.54, 1.807) is 0 Å². The molecule has 0 atom stereocenters. The van der Waals surface area contributed by atoms with Crippen molar-refractivity contribution in [1.82, 2.24) is 14.8 Å². The van der Waals surface area contributed by atoms with Gasteiger partial charge in [0.1, 0.15) is 6.61 Å². The SMILES string of the molecule is Cc1nn(-c2ccccc2)c2nc3c(c(-c4ccc5c(c4)OCO5)c12)C(=O)OC3. The Morgan fingerprint density at radius 3 is 2.66 bits per heavy atom. The lowest BCUT2D eigenvalue weighted by molar-refractivity contribution is 0.0534. The predicted molar refractivity (Wildman–Crippen MR) is 104 cm³/mol. The number of carbonyl (C=O) groups is 1. The van der Waals surface area contributed by atoms with E-state index in [9.17, 15) is 4.79 Å². The molecule has 4 aromatic rings. The molecule has 0 aliphatic carbocycles. The van der Waals surface area contributed by atoms with E-state index in [2.05, 4.69) is 0 Å². The molecule has 0 N–H and O–H groups in total. The number of hydrogen-bond donors (Lipinski definition) is 0. The van der Waals surface area contributed by atoms with Crippen LogP contribution in [0.1, 0.15) is 21.7 Å². The Balaban J connectivity index is 1.70. The number of nitrogens with zero attached hydrogens (tertiary/aromatic N) is 3. The lowest BCUT2D eigenvalue weighted by Gasteiger charge is -2.10. The lowest BCUT2D eigenvalue weighted by atomic mass is 9.95. The Kier molecular flexibility index (Phi) is 3.23. The van der Waals surface area contributed by atoms with Gasteiger partial charge in [-0.2, -0.15) is 5.10 Å². The maximum Gasteiger partial charge on any atom is 0.341 e. The van der Waals surface area contributed by atoms with Crippen LogP contribution in [0.3, 0.4) is 0 Å². The van der Waals surface area contributed by atoms with Gasteiger partial charge in [0.15, 0.2) is 17.1 Å². The van der Waals surface area contributed by atoms with Gasteiger partial charge in [-0.15, -0.1) is 0 Å². The van der Waals surface area contributed by atoms with Crippen molar-refractivity contribution >= 4 is 17.0 Å². The predicted octanol–water partition coefficient (Wildman–Crippen LogP) is 3.80. The third-order valence-corrected chi connectivity index (χ3v) is 5.27. The zero-order valence-corrected chi connectivity index (χ0v) is 15.5. The van der Waals surface area contributed by atoms with E-state index in [4.69, 9.17) is 24.3 Å². The summed E-state index contributed by atoms with van der Waals surface area (Å²) in [5, 5.41) is 5.55. The van der Waals surface area contributed by atoms with Crippen molar-refractivity contribution in [1.29, 1.82) is 0 Å². The summed E-state index contributed by atoms with van der Waals surface area (Å²) < 4.78 is 18.1. The normalized spacial score (nSPS) is 14.3. The summed E-state index contributed by atoms with van der Waals surface area (Å²) in [5.74, 6) is 0.976. The second-order valence-corrected chi connectivity index (χ2v) is 6.98. The van der Waals surface area contributed by atoms with E-state index in [0.717, 1.165) is 27.9 Å². The Morgan fingerprint density at radius 1 is 0.966 bits per heavy atom. The number of hydrogen-bond acceptors (Lipinski definition) is 6. The number of cyclic esters (lactones) is 1. The van der Waals surface area contributed by atoms with Crippen molar-refractivity contribution in [2.24, 2.45) is 0 Å². The highest BCUT2D eigenvalue weighted by Crippen LogP contribution is 2.42. The molecular formula is C22H15N3O4. The Bertz CT molecular complexity index is 1310. The summed E-state index contributed by atoms with van der Waals surface area (Å²) in [7, 11) is 0. The topological polar surface area (TPSA) is 75.5 Å². The molecule has 0 radical (unpaired) electrons. The van der Waals surface area contributed by atoms with Crippen molar-refractivity contribution in [3.05, 3.63) is 65.5 Å². The molecule has 0 spiro atoms. The van der Waals surface area contributed by atoms with Crippen molar-refractivity contribution in [3.8, 4) is 28.3 Å². The molecule has 0 amide bonds. The fourth-order valence-corrected chi connectivity index (χ4v) is 3.98. The fourth-order valence-electron chi connectivity index (χ4n) is 3.98. The van der Waals surface area contributed by atoms with Crippen LogP contribution in [0.15, 0.2) is 48.5 Å². The number of aromatic nitrogens is 3. The van der Waals surface area contributed by atoms with Crippen molar-refractivity contribution in [3.63, 3.8) is 0 Å². The summed E-state index contributed by atoms with van der Waals surface area (Å²) in [6.07, 6.45) is 0. The first-order valence-corrected chi connectivity index (χ1v) is 9.25. The van der Waals surface area contributed by atoms with Gasteiger partial charge >= 0.3 is 5.97 Å². The zero-order chi connectivity index (χ0) is 19.5. The molecule has 29 heavy (non-hydrogen) atoms. The quantitative estimate of drug-likeness (QED) is 0.489. The first kappa shape index (κ1) is 16.1. The molecule has 4 heterocycles. The molecule has 142 valence electrons. The number of carbonyl (C=O) groups excluding carboxylic acids is 1. The smallest absolute Gasteiger partial charge is 0.341 e. The van der Waals surface area contributed by atoms with Gasteiger partial charge in [-0.05, 0) is 36.8 Å². The van der Waals surface area contributed by atoms with E-state index in [1.807, 2.05) is 60.1 Å². The Hall–Kier alpha value is -3.87. The fraction of sp³-hybridized carbons (Fsp3) is 0.136. The van der Waals surface area contributed by atoms with Crippen molar-refractivity contribution in [2.75, 3.05) is 6.79 Å². The van der Waals surface area contributed by atoms with E-state index in [-0.39, 0.29) is 19.4 Å². The van der Waals surface area contributed by atoms with Gasteiger partial charge in [0.25, 0.3) is 0 Å². The van der Waals surface area contributed by atoms with Gasteiger partial charge in [0.2, 0.25) is 6.79 Å². The van der Waals surface area contributed by atoms with Gasteiger partial charge in [-0.25, -0.2) is 14.5 Å². The number of fused-ring (bicyclic) bond motifs is 3. The molecule has 2 aromatic carbocycles. The summed E-state index contributed by atoms with van der Waals surface area (Å²) in [6.45, 7) is 2.27. The van der Waals surface area contributed by atoms with Gasteiger partial charge in [-0.3, -0.25) is 0 Å². The third kappa shape index (κ3) is 2.27. The first-order chi connectivity index (χ1) is 14.2. The standard InChI is InChI=1S/C22H15N3O4/c1-12-18-19(13-7-8-16-17(9-13)29-11-28-16)20-15(10-27-22(20)26)23-21(18)25(24-12)14-5-3-2-4-6-14/h2-9H,10-11H2,1H3. The number of aryl methyl sites for hydroxylation is 1. The van der Waals surface area contributed by atoms with Crippen LogP contribution >= 0.6 is 0 Å². The molecule has 0 fully saturated rings. The number of benzene rings is 2. The zero-order valence-electron chi connectivity index (χ0n) is 15.5. The van der Waals surface area contributed by atoms with Crippen LogP contribution < -0.4 is 9.47 Å². The first-order valence-electron chi connectivity index (χ1n) is 9.25. The summed E-state index contributed by atoms with van der Waals surface area (Å²) in [6, 6.07) is 15.5. The highest BCUT2D eigenvalue weighted by molar-refractivity contribution is 6.09. The van der Waals surface area contributed by atoms with E-state index >= 15 is 0 Å². The lowest BCUT2D eigenvalue weighted by Crippen LogP contribution is -2.02. The molecular weight excluding hydrogens is 370 g/mol. The third-order valence-electron chi connectivity index (χ3n) is 5.27. The summed E-state index contributed by atoms with van der Waals surface area (Å²) in [4.78, 5) is 17.3. The summed E-state index contributed by atoms with van der Waals surface area (Å²) >= 11 is 0. The van der Waals surface area contributed by atoms with Gasteiger partial charge in [-0.1, -0.05) is 24.3 Å². The molecule has 2 aliphatic rings.